The lowest BCUT2D eigenvalue weighted by atomic mass is 10.3. The van der Waals surface area contributed by atoms with Crippen LogP contribution in [0.4, 0.5) is 0 Å². The summed E-state index contributed by atoms with van der Waals surface area (Å²) in [5.41, 5.74) is 1.28. The molecule has 5 nitrogen and oxygen atoms in total. The number of aryl methyl sites for hydroxylation is 1. The maximum Gasteiger partial charge on any atom is 0.262 e. The Morgan fingerprint density at radius 3 is 2.58 bits per heavy atom. The highest BCUT2D eigenvalue weighted by Crippen LogP contribution is 2.33. The van der Waals surface area contributed by atoms with Crippen LogP contribution in [0.25, 0.3) is 0 Å². The first kappa shape index (κ1) is 14.8. The maximum atomic E-state index is 12.7. The minimum atomic E-state index is -3.57. The Morgan fingerprint density at radius 2 is 2.11 bits per heavy atom. The summed E-state index contributed by atoms with van der Waals surface area (Å²) >= 11 is 5.84. The van der Waals surface area contributed by atoms with Crippen LogP contribution in [0.15, 0.2) is 5.03 Å². The van der Waals surface area contributed by atoms with Crippen molar-refractivity contribution >= 4 is 21.6 Å². The molecule has 1 aliphatic rings. The first-order valence-corrected chi connectivity index (χ1v) is 8.47. The number of hydrogen-bond acceptors (Lipinski definition) is 3. The van der Waals surface area contributed by atoms with Crippen molar-refractivity contribution in [3.63, 3.8) is 0 Å². The molecule has 19 heavy (non-hydrogen) atoms. The quantitative estimate of drug-likeness (QED) is 0.820. The zero-order valence-corrected chi connectivity index (χ0v) is 13.1. The van der Waals surface area contributed by atoms with Gasteiger partial charge in [0.2, 0.25) is 0 Å². The summed E-state index contributed by atoms with van der Waals surface area (Å²) in [6.07, 6.45) is 2.22. The van der Waals surface area contributed by atoms with Crippen molar-refractivity contribution in [2.45, 2.75) is 50.6 Å². The standard InChI is InChI=1S/C12H20ClN3O2S/c1-8(2)16(7-10-4-5-10)19(17,18)12-11(6-13)9(3)14-15-12/h8,10H,4-7H2,1-3H3,(H,14,15). The van der Waals surface area contributed by atoms with E-state index in [-0.39, 0.29) is 16.9 Å². The van der Waals surface area contributed by atoms with Crippen LogP contribution in [-0.2, 0) is 15.9 Å². The van der Waals surface area contributed by atoms with Gasteiger partial charge in [0.05, 0.1) is 5.88 Å². The van der Waals surface area contributed by atoms with Gasteiger partial charge >= 0.3 is 0 Å². The van der Waals surface area contributed by atoms with Gasteiger partial charge in [-0.05, 0) is 39.5 Å². The van der Waals surface area contributed by atoms with Gasteiger partial charge in [0.25, 0.3) is 10.0 Å². The monoisotopic (exact) mass is 305 g/mol. The van der Waals surface area contributed by atoms with E-state index in [1.54, 1.807) is 6.92 Å². The van der Waals surface area contributed by atoms with E-state index in [1.165, 1.54) is 4.31 Å². The average Bonchev–Trinajstić information content (AvgIpc) is 3.07. The molecule has 1 saturated carbocycles. The summed E-state index contributed by atoms with van der Waals surface area (Å²) in [6.45, 7) is 6.14. The van der Waals surface area contributed by atoms with Crippen molar-refractivity contribution in [1.29, 1.82) is 0 Å². The van der Waals surface area contributed by atoms with Gasteiger partial charge in [-0.1, -0.05) is 0 Å². The first-order valence-electron chi connectivity index (χ1n) is 6.49. The molecule has 0 bridgehead atoms. The van der Waals surface area contributed by atoms with Crippen LogP contribution >= 0.6 is 11.6 Å². The Labute approximate surface area is 119 Å². The second kappa shape index (κ2) is 5.42. The second-order valence-electron chi connectivity index (χ2n) is 5.38. The smallest absolute Gasteiger partial charge is 0.262 e. The third-order valence-electron chi connectivity index (χ3n) is 3.43. The van der Waals surface area contributed by atoms with Crippen LogP contribution < -0.4 is 0 Å². The number of aromatic nitrogens is 2. The van der Waals surface area contributed by atoms with E-state index in [2.05, 4.69) is 10.2 Å². The molecule has 108 valence electrons. The Balaban J connectivity index is 2.37. The summed E-state index contributed by atoms with van der Waals surface area (Å²) in [6, 6.07) is -0.0780. The number of nitrogens with one attached hydrogen (secondary N) is 1. The molecule has 0 aliphatic heterocycles. The van der Waals surface area contributed by atoms with Gasteiger partial charge in [-0.3, -0.25) is 5.10 Å². The normalized spacial score (nSPS) is 16.5. The van der Waals surface area contributed by atoms with Crippen LogP contribution in [-0.4, -0.2) is 35.5 Å². The fraction of sp³-hybridized carbons (Fsp3) is 0.750. The Hall–Kier alpha value is -0.590. The number of halogens is 1. The molecule has 1 heterocycles. The highest BCUT2D eigenvalue weighted by Gasteiger charge is 2.36. The highest BCUT2D eigenvalue weighted by molar-refractivity contribution is 7.89. The Bertz CT molecular complexity index is 549. The Morgan fingerprint density at radius 1 is 1.47 bits per heavy atom. The fourth-order valence-electron chi connectivity index (χ4n) is 2.05. The molecule has 1 fully saturated rings. The molecule has 0 amide bonds. The largest absolute Gasteiger partial charge is 0.281 e. The number of nitrogens with zero attached hydrogens (tertiary/aromatic N) is 2. The highest BCUT2D eigenvalue weighted by atomic mass is 35.5. The predicted octanol–water partition coefficient (Wildman–Crippen LogP) is 2.27. The van der Waals surface area contributed by atoms with Crippen molar-refractivity contribution in [2.75, 3.05) is 6.54 Å². The fourth-order valence-corrected chi connectivity index (χ4v) is 4.34. The molecule has 0 radical (unpaired) electrons. The lowest BCUT2D eigenvalue weighted by Crippen LogP contribution is -2.39. The Kier molecular flexibility index (Phi) is 4.23. The topological polar surface area (TPSA) is 66.1 Å². The van der Waals surface area contributed by atoms with Gasteiger partial charge in [0.15, 0.2) is 5.03 Å². The molecular formula is C12H20ClN3O2S. The summed E-state index contributed by atoms with van der Waals surface area (Å²) in [4.78, 5) is 0. The zero-order valence-electron chi connectivity index (χ0n) is 11.5. The van der Waals surface area contributed by atoms with Crippen molar-refractivity contribution in [2.24, 2.45) is 5.92 Å². The number of rotatable bonds is 6. The second-order valence-corrected chi connectivity index (χ2v) is 7.45. The number of alkyl halides is 1. The van der Waals surface area contributed by atoms with Gasteiger partial charge in [-0.25, -0.2) is 8.42 Å². The van der Waals surface area contributed by atoms with E-state index in [1.807, 2.05) is 13.8 Å². The molecule has 0 atom stereocenters. The lowest BCUT2D eigenvalue weighted by molar-refractivity contribution is 0.340. The number of H-pyrrole nitrogens is 1. The molecule has 0 spiro atoms. The average molecular weight is 306 g/mol. The van der Waals surface area contributed by atoms with Gasteiger partial charge in [0.1, 0.15) is 0 Å². The maximum absolute atomic E-state index is 12.7. The number of hydrogen-bond donors (Lipinski definition) is 1. The van der Waals surface area contributed by atoms with Crippen molar-refractivity contribution in [3.8, 4) is 0 Å². The van der Waals surface area contributed by atoms with Gasteiger partial charge < -0.3 is 0 Å². The van der Waals surface area contributed by atoms with Gasteiger partial charge in [-0.15, -0.1) is 11.6 Å². The minimum absolute atomic E-state index is 0.0780. The van der Waals surface area contributed by atoms with E-state index >= 15 is 0 Å². The predicted molar refractivity (Wildman–Crippen MR) is 74.6 cm³/mol. The van der Waals surface area contributed by atoms with E-state index < -0.39 is 10.0 Å². The van der Waals surface area contributed by atoms with Crippen LogP contribution in [0.5, 0.6) is 0 Å². The lowest BCUT2D eigenvalue weighted by Gasteiger charge is -2.25. The van der Waals surface area contributed by atoms with Crippen molar-refractivity contribution in [3.05, 3.63) is 11.3 Å². The molecular weight excluding hydrogens is 286 g/mol. The first-order chi connectivity index (χ1) is 8.87. The van der Waals surface area contributed by atoms with Crippen molar-refractivity contribution < 1.29 is 8.42 Å². The summed E-state index contributed by atoms with van der Waals surface area (Å²) in [5, 5.41) is 6.75. The van der Waals surface area contributed by atoms with Crippen LogP contribution in [0.1, 0.15) is 37.9 Å². The molecule has 1 aliphatic carbocycles. The SMILES string of the molecule is Cc1[nH]nc(S(=O)(=O)N(CC2CC2)C(C)C)c1CCl. The number of aromatic amines is 1. The summed E-state index contributed by atoms with van der Waals surface area (Å²) in [7, 11) is -3.57. The summed E-state index contributed by atoms with van der Waals surface area (Å²) < 4.78 is 27.0. The summed E-state index contributed by atoms with van der Waals surface area (Å²) in [5.74, 6) is 0.642. The molecule has 0 unspecified atom stereocenters. The van der Waals surface area contributed by atoms with E-state index in [0.29, 0.717) is 23.7 Å². The van der Waals surface area contributed by atoms with E-state index in [9.17, 15) is 8.42 Å². The van der Waals surface area contributed by atoms with Gasteiger partial charge in [-0.2, -0.15) is 9.40 Å². The molecule has 1 aromatic rings. The molecule has 0 aromatic carbocycles. The molecule has 1 aromatic heterocycles. The van der Waals surface area contributed by atoms with Crippen LogP contribution in [0.2, 0.25) is 0 Å². The molecule has 1 N–H and O–H groups in total. The zero-order chi connectivity index (χ0) is 14.2. The van der Waals surface area contributed by atoms with E-state index in [0.717, 1.165) is 12.8 Å². The third-order valence-corrected chi connectivity index (χ3v) is 5.72. The van der Waals surface area contributed by atoms with E-state index in [4.69, 9.17) is 11.6 Å². The van der Waals surface area contributed by atoms with Gasteiger partial charge in [0, 0.05) is 23.8 Å². The van der Waals surface area contributed by atoms with Crippen LogP contribution in [0, 0.1) is 12.8 Å². The third kappa shape index (κ3) is 2.95. The minimum Gasteiger partial charge on any atom is -0.281 e. The number of sulfonamides is 1. The van der Waals surface area contributed by atoms with Crippen LogP contribution in [0.3, 0.4) is 0 Å². The van der Waals surface area contributed by atoms with Crippen molar-refractivity contribution in [1.82, 2.24) is 14.5 Å². The molecule has 7 heteroatoms. The molecule has 0 saturated heterocycles. The molecule has 2 rings (SSSR count).